The summed E-state index contributed by atoms with van der Waals surface area (Å²) in [6.07, 6.45) is 6.60. The molecule has 1 fully saturated rings. The van der Waals surface area contributed by atoms with E-state index in [-0.39, 0.29) is 11.3 Å². The van der Waals surface area contributed by atoms with E-state index in [0.717, 1.165) is 25.8 Å². The fraction of sp³-hybridized carbons (Fsp3) is 0.750. The van der Waals surface area contributed by atoms with Crippen LogP contribution in [0.15, 0.2) is 12.4 Å². The summed E-state index contributed by atoms with van der Waals surface area (Å²) in [5.41, 5.74) is 1.06. The molecule has 0 spiro atoms. The Bertz CT molecular complexity index is 495. The van der Waals surface area contributed by atoms with Gasteiger partial charge in [-0.2, -0.15) is 5.10 Å². The van der Waals surface area contributed by atoms with Crippen LogP contribution in [0.3, 0.4) is 0 Å². The topological polar surface area (TPSA) is 67.2 Å². The summed E-state index contributed by atoms with van der Waals surface area (Å²) in [7, 11) is 1.93. The number of aliphatic carboxylic acids is 1. The van der Waals surface area contributed by atoms with Crippen LogP contribution in [0.1, 0.15) is 39.2 Å². The maximum Gasteiger partial charge on any atom is 0.307 e. The number of carboxylic acid groups (broad SMARTS) is 1. The fourth-order valence-corrected chi connectivity index (χ4v) is 3.53. The van der Waals surface area contributed by atoms with E-state index in [1.165, 1.54) is 5.56 Å². The van der Waals surface area contributed by atoms with Crippen molar-refractivity contribution >= 4 is 5.97 Å². The minimum Gasteiger partial charge on any atom is -0.481 e. The van der Waals surface area contributed by atoms with Gasteiger partial charge in [0.2, 0.25) is 0 Å². The van der Waals surface area contributed by atoms with Gasteiger partial charge in [-0.1, -0.05) is 20.8 Å². The summed E-state index contributed by atoms with van der Waals surface area (Å²) in [6, 6.07) is 0.396. The molecule has 0 aromatic carbocycles. The summed E-state index contributed by atoms with van der Waals surface area (Å²) < 4.78 is 1.82. The van der Waals surface area contributed by atoms with E-state index in [2.05, 4.69) is 31.2 Å². The van der Waals surface area contributed by atoms with E-state index in [4.69, 9.17) is 0 Å². The zero-order chi connectivity index (χ0) is 15.6. The van der Waals surface area contributed by atoms with Crippen LogP contribution in [0, 0.1) is 17.3 Å². The van der Waals surface area contributed by atoms with Crippen molar-refractivity contribution in [1.29, 1.82) is 0 Å². The number of rotatable bonds is 5. The van der Waals surface area contributed by atoms with E-state index >= 15 is 0 Å². The van der Waals surface area contributed by atoms with E-state index in [1.54, 1.807) is 0 Å². The molecule has 5 nitrogen and oxygen atoms in total. The van der Waals surface area contributed by atoms with E-state index in [1.807, 2.05) is 24.1 Å². The quantitative estimate of drug-likeness (QED) is 0.872. The first-order valence-electron chi connectivity index (χ1n) is 7.76. The third-order valence-corrected chi connectivity index (χ3v) is 5.32. The molecular formula is C16H27N3O2. The molecule has 5 heteroatoms. The lowest BCUT2D eigenvalue weighted by molar-refractivity contribution is -0.150. The van der Waals surface area contributed by atoms with Crippen molar-refractivity contribution in [1.82, 2.24) is 15.1 Å². The van der Waals surface area contributed by atoms with Gasteiger partial charge >= 0.3 is 5.97 Å². The Morgan fingerprint density at radius 2 is 2.24 bits per heavy atom. The molecule has 21 heavy (non-hydrogen) atoms. The SMILES string of the molecule is CC1C(NCCc2cnn(C)c2)CCC(C(=O)O)C1(C)C. The number of hydrogen-bond acceptors (Lipinski definition) is 3. The lowest BCUT2D eigenvalue weighted by Crippen LogP contribution is -2.51. The largest absolute Gasteiger partial charge is 0.481 e. The number of aryl methyl sites for hydroxylation is 1. The summed E-state index contributed by atoms with van der Waals surface area (Å²) in [6.45, 7) is 7.27. The van der Waals surface area contributed by atoms with Crippen molar-refractivity contribution in [3.63, 3.8) is 0 Å². The Balaban J connectivity index is 1.88. The van der Waals surface area contributed by atoms with Crippen molar-refractivity contribution < 1.29 is 9.90 Å². The second-order valence-electron chi connectivity index (χ2n) is 6.91. The number of carboxylic acids is 1. The van der Waals surface area contributed by atoms with Crippen LogP contribution < -0.4 is 5.32 Å². The molecule has 118 valence electrons. The number of nitrogens with one attached hydrogen (secondary N) is 1. The van der Waals surface area contributed by atoms with Crippen molar-refractivity contribution in [3.8, 4) is 0 Å². The molecule has 1 saturated carbocycles. The highest BCUT2D eigenvalue weighted by atomic mass is 16.4. The first-order chi connectivity index (χ1) is 9.82. The van der Waals surface area contributed by atoms with Crippen LogP contribution in [0.4, 0.5) is 0 Å². The molecule has 1 aromatic rings. The van der Waals surface area contributed by atoms with Crippen LogP contribution in [-0.2, 0) is 18.3 Å². The van der Waals surface area contributed by atoms with Gasteiger partial charge in [0.15, 0.2) is 0 Å². The van der Waals surface area contributed by atoms with Gasteiger partial charge in [-0.15, -0.1) is 0 Å². The van der Waals surface area contributed by atoms with Gasteiger partial charge in [-0.3, -0.25) is 9.48 Å². The maximum absolute atomic E-state index is 11.4. The monoisotopic (exact) mass is 293 g/mol. The highest BCUT2D eigenvalue weighted by molar-refractivity contribution is 5.71. The van der Waals surface area contributed by atoms with Crippen LogP contribution in [0.25, 0.3) is 0 Å². The van der Waals surface area contributed by atoms with Gasteiger partial charge in [-0.25, -0.2) is 0 Å². The summed E-state index contributed by atoms with van der Waals surface area (Å²) >= 11 is 0. The highest BCUT2D eigenvalue weighted by Gasteiger charge is 2.45. The maximum atomic E-state index is 11.4. The van der Waals surface area contributed by atoms with E-state index in [9.17, 15) is 9.90 Å². The predicted molar refractivity (Wildman–Crippen MR) is 82.0 cm³/mol. The minimum absolute atomic E-state index is 0.171. The number of nitrogens with zero attached hydrogens (tertiary/aromatic N) is 2. The Morgan fingerprint density at radius 3 is 2.81 bits per heavy atom. The van der Waals surface area contributed by atoms with Crippen LogP contribution in [0.2, 0.25) is 0 Å². The van der Waals surface area contributed by atoms with Gasteiger partial charge in [0, 0.05) is 19.3 Å². The molecule has 2 N–H and O–H groups in total. The van der Waals surface area contributed by atoms with E-state index < -0.39 is 5.97 Å². The molecule has 0 bridgehead atoms. The summed E-state index contributed by atoms with van der Waals surface area (Å²) in [4.78, 5) is 11.4. The number of hydrogen-bond donors (Lipinski definition) is 2. The van der Waals surface area contributed by atoms with Gasteiger partial charge in [0.25, 0.3) is 0 Å². The summed E-state index contributed by atoms with van der Waals surface area (Å²) in [5.74, 6) is -0.536. The Labute approximate surface area is 126 Å². The Kier molecular flexibility index (Phi) is 4.71. The average Bonchev–Trinajstić information content (AvgIpc) is 2.80. The van der Waals surface area contributed by atoms with E-state index in [0.29, 0.717) is 12.0 Å². The molecule has 0 saturated heterocycles. The molecule has 1 aromatic heterocycles. The molecule has 0 aliphatic heterocycles. The molecule has 1 aliphatic rings. The van der Waals surface area contributed by atoms with Crippen molar-refractivity contribution in [2.45, 2.75) is 46.1 Å². The van der Waals surface area contributed by atoms with Crippen molar-refractivity contribution in [2.24, 2.45) is 24.3 Å². The third-order valence-electron chi connectivity index (χ3n) is 5.32. The molecule has 1 aliphatic carbocycles. The van der Waals surface area contributed by atoms with Crippen molar-refractivity contribution in [3.05, 3.63) is 18.0 Å². The fourth-order valence-electron chi connectivity index (χ4n) is 3.53. The highest BCUT2D eigenvalue weighted by Crippen LogP contribution is 2.45. The summed E-state index contributed by atoms with van der Waals surface area (Å²) in [5, 5.41) is 17.2. The lowest BCUT2D eigenvalue weighted by Gasteiger charge is -2.46. The van der Waals surface area contributed by atoms with Crippen LogP contribution in [-0.4, -0.2) is 33.4 Å². The lowest BCUT2D eigenvalue weighted by atomic mass is 9.61. The molecule has 3 unspecified atom stereocenters. The standard InChI is InChI=1S/C16H27N3O2/c1-11-14(6-5-13(15(20)21)16(11,2)3)17-8-7-12-9-18-19(4)10-12/h9-11,13-14,17H,5-8H2,1-4H3,(H,20,21). The zero-order valence-electron chi connectivity index (χ0n) is 13.5. The minimum atomic E-state index is -0.652. The predicted octanol–water partition coefficient (Wildman–Crippen LogP) is 2.08. The number of carbonyl (C=O) groups is 1. The first-order valence-corrected chi connectivity index (χ1v) is 7.76. The third kappa shape index (κ3) is 3.46. The van der Waals surface area contributed by atoms with Gasteiger partial charge in [0.05, 0.1) is 12.1 Å². The van der Waals surface area contributed by atoms with Gasteiger partial charge < -0.3 is 10.4 Å². The normalized spacial score (nSPS) is 28.5. The van der Waals surface area contributed by atoms with Crippen LogP contribution >= 0.6 is 0 Å². The van der Waals surface area contributed by atoms with Gasteiger partial charge in [0.1, 0.15) is 0 Å². The zero-order valence-corrected chi connectivity index (χ0v) is 13.5. The second-order valence-corrected chi connectivity index (χ2v) is 6.91. The molecule has 0 amide bonds. The second kappa shape index (κ2) is 6.18. The average molecular weight is 293 g/mol. The van der Waals surface area contributed by atoms with Gasteiger partial charge in [-0.05, 0) is 42.7 Å². The molecular weight excluding hydrogens is 266 g/mol. The van der Waals surface area contributed by atoms with Crippen molar-refractivity contribution in [2.75, 3.05) is 6.54 Å². The number of aromatic nitrogens is 2. The first kappa shape index (κ1) is 16.0. The Hall–Kier alpha value is -1.36. The molecule has 1 heterocycles. The molecule has 2 rings (SSSR count). The smallest absolute Gasteiger partial charge is 0.307 e. The Morgan fingerprint density at radius 1 is 1.52 bits per heavy atom. The van der Waals surface area contributed by atoms with Crippen LogP contribution in [0.5, 0.6) is 0 Å². The molecule has 3 atom stereocenters. The molecule has 0 radical (unpaired) electrons.